The van der Waals surface area contributed by atoms with Gasteiger partial charge in [-0.2, -0.15) is 10.5 Å². The molecule has 0 aromatic carbocycles. The number of allylic oxidation sites excluding steroid dienone is 1. The number of hydrogen-bond acceptors (Lipinski definition) is 5. The van der Waals surface area contributed by atoms with Crippen LogP contribution in [0.2, 0.25) is 0 Å². The molecule has 6 heteroatoms. The lowest BCUT2D eigenvalue weighted by Gasteiger charge is -2.32. The van der Waals surface area contributed by atoms with E-state index in [1.54, 1.807) is 12.3 Å². The molecule has 6 nitrogen and oxygen atoms in total. The van der Waals surface area contributed by atoms with Crippen LogP contribution in [0.15, 0.2) is 28.7 Å². The summed E-state index contributed by atoms with van der Waals surface area (Å²) < 4.78 is 1.48. The van der Waals surface area contributed by atoms with E-state index in [4.69, 9.17) is 15.5 Å². The van der Waals surface area contributed by atoms with Gasteiger partial charge in [-0.25, -0.2) is 4.98 Å². The van der Waals surface area contributed by atoms with Gasteiger partial charge in [0.05, 0.1) is 5.56 Å². The SMILES string of the molecule is Cc1cccn2c(=O)c(C=C(C#N)C#N)c(N3CCC(C)CC3)nc12. The first-order chi connectivity index (χ1) is 12.0. The summed E-state index contributed by atoms with van der Waals surface area (Å²) in [6.07, 6.45) is 5.08. The lowest BCUT2D eigenvalue weighted by Crippen LogP contribution is -2.36. The molecular weight excluding hydrogens is 314 g/mol. The molecule has 0 spiro atoms. The topological polar surface area (TPSA) is 85.2 Å². The number of anilines is 1. The maximum absolute atomic E-state index is 13.0. The first-order valence-electron chi connectivity index (χ1n) is 8.34. The quantitative estimate of drug-likeness (QED) is 0.789. The number of hydrogen-bond donors (Lipinski definition) is 0. The molecule has 0 radical (unpaired) electrons. The van der Waals surface area contributed by atoms with Gasteiger partial charge in [0.2, 0.25) is 0 Å². The van der Waals surface area contributed by atoms with Crippen LogP contribution in [-0.2, 0) is 0 Å². The van der Waals surface area contributed by atoms with Gasteiger partial charge in [-0.15, -0.1) is 0 Å². The zero-order valence-electron chi connectivity index (χ0n) is 14.4. The largest absolute Gasteiger partial charge is 0.356 e. The van der Waals surface area contributed by atoms with Crippen LogP contribution in [0, 0.1) is 35.5 Å². The maximum Gasteiger partial charge on any atom is 0.267 e. The minimum atomic E-state index is -0.259. The molecular formula is C19H19N5O. The average Bonchev–Trinajstić information content (AvgIpc) is 2.62. The van der Waals surface area contributed by atoms with E-state index in [0.29, 0.717) is 22.9 Å². The zero-order valence-corrected chi connectivity index (χ0v) is 14.4. The van der Waals surface area contributed by atoms with Crippen molar-refractivity contribution < 1.29 is 0 Å². The Morgan fingerprint density at radius 3 is 2.64 bits per heavy atom. The highest BCUT2D eigenvalue weighted by Gasteiger charge is 2.22. The van der Waals surface area contributed by atoms with Gasteiger partial charge in [0.1, 0.15) is 29.2 Å². The van der Waals surface area contributed by atoms with Crippen LogP contribution >= 0.6 is 0 Å². The van der Waals surface area contributed by atoms with Gasteiger partial charge in [0.15, 0.2) is 0 Å². The van der Waals surface area contributed by atoms with E-state index < -0.39 is 0 Å². The second kappa shape index (κ2) is 6.78. The number of nitrogens with zero attached hydrogens (tertiary/aromatic N) is 5. The summed E-state index contributed by atoms with van der Waals surface area (Å²) in [6.45, 7) is 5.75. The fourth-order valence-electron chi connectivity index (χ4n) is 3.12. The molecule has 2 aromatic rings. The number of aromatic nitrogens is 2. The maximum atomic E-state index is 13.0. The number of pyridine rings is 1. The van der Waals surface area contributed by atoms with Crippen molar-refractivity contribution in [2.45, 2.75) is 26.7 Å². The Hall–Kier alpha value is -3.12. The van der Waals surface area contributed by atoms with Crippen LogP contribution in [0.5, 0.6) is 0 Å². The third-order valence-corrected chi connectivity index (χ3v) is 4.68. The molecule has 0 unspecified atom stereocenters. The highest BCUT2D eigenvalue weighted by molar-refractivity contribution is 5.72. The molecule has 1 saturated heterocycles. The van der Waals surface area contributed by atoms with E-state index in [0.717, 1.165) is 31.5 Å². The summed E-state index contributed by atoms with van der Waals surface area (Å²) in [6, 6.07) is 7.36. The first kappa shape index (κ1) is 16.7. The Morgan fingerprint density at radius 1 is 1.32 bits per heavy atom. The Kier molecular flexibility index (Phi) is 4.54. The van der Waals surface area contributed by atoms with Crippen molar-refractivity contribution in [3.63, 3.8) is 0 Å². The monoisotopic (exact) mass is 333 g/mol. The van der Waals surface area contributed by atoms with E-state index in [1.165, 1.54) is 10.5 Å². The molecule has 2 aromatic heterocycles. The van der Waals surface area contributed by atoms with Crippen LogP contribution < -0.4 is 10.5 Å². The van der Waals surface area contributed by atoms with E-state index in [9.17, 15) is 4.79 Å². The van der Waals surface area contributed by atoms with Crippen LogP contribution in [-0.4, -0.2) is 22.5 Å². The predicted molar refractivity (Wildman–Crippen MR) is 96.0 cm³/mol. The molecule has 0 bridgehead atoms. The van der Waals surface area contributed by atoms with Crippen molar-refractivity contribution in [2.75, 3.05) is 18.0 Å². The Bertz CT molecular complexity index is 966. The highest BCUT2D eigenvalue weighted by Crippen LogP contribution is 2.25. The number of aryl methyl sites for hydroxylation is 1. The molecule has 1 aliphatic heterocycles. The lowest BCUT2D eigenvalue weighted by atomic mass is 9.99. The van der Waals surface area contributed by atoms with Crippen LogP contribution in [0.1, 0.15) is 30.9 Å². The van der Waals surface area contributed by atoms with Gasteiger partial charge >= 0.3 is 0 Å². The van der Waals surface area contributed by atoms with Crippen molar-refractivity contribution in [1.29, 1.82) is 10.5 Å². The van der Waals surface area contributed by atoms with E-state index >= 15 is 0 Å². The Labute approximate surface area is 146 Å². The number of rotatable bonds is 2. The smallest absolute Gasteiger partial charge is 0.267 e. The van der Waals surface area contributed by atoms with E-state index in [2.05, 4.69) is 11.8 Å². The minimum Gasteiger partial charge on any atom is -0.356 e. The van der Waals surface area contributed by atoms with Gasteiger partial charge < -0.3 is 4.90 Å². The van der Waals surface area contributed by atoms with Crippen molar-refractivity contribution in [2.24, 2.45) is 5.92 Å². The van der Waals surface area contributed by atoms with Crippen molar-refractivity contribution in [3.8, 4) is 12.1 Å². The summed E-state index contributed by atoms with van der Waals surface area (Å²) in [4.78, 5) is 19.8. The normalized spacial score (nSPS) is 14.8. The third-order valence-electron chi connectivity index (χ3n) is 4.68. The Morgan fingerprint density at radius 2 is 2.00 bits per heavy atom. The van der Waals surface area contributed by atoms with E-state index in [-0.39, 0.29) is 11.1 Å². The summed E-state index contributed by atoms with van der Waals surface area (Å²) in [5, 5.41) is 18.2. The molecule has 0 N–H and O–H groups in total. The molecule has 126 valence electrons. The molecule has 0 aliphatic carbocycles. The van der Waals surface area contributed by atoms with Crippen LogP contribution in [0.4, 0.5) is 5.82 Å². The van der Waals surface area contributed by atoms with E-state index in [1.807, 2.05) is 25.1 Å². The zero-order chi connectivity index (χ0) is 18.0. The number of nitriles is 2. The third kappa shape index (κ3) is 3.12. The van der Waals surface area contributed by atoms with Gasteiger partial charge in [-0.3, -0.25) is 9.20 Å². The van der Waals surface area contributed by atoms with Crippen LogP contribution in [0.3, 0.4) is 0 Å². The second-order valence-corrected chi connectivity index (χ2v) is 6.49. The molecule has 1 fully saturated rings. The molecule has 0 atom stereocenters. The summed E-state index contributed by atoms with van der Waals surface area (Å²) in [5.41, 5.74) is 1.45. The molecule has 1 aliphatic rings. The van der Waals surface area contributed by atoms with Crippen molar-refractivity contribution in [1.82, 2.24) is 9.38 Å². The van der Waals surface area contributed by atoms with Gasteiger partial charge in [-0.05, 0) is 43.4 Å². The molecule has 0 saturated carbocycles. The van der Waals surface area contributed by atoms with Crippen molar-refractivity contribution >= 4 is 17.5 Å². The Balaban J connectivity index is 2.27. The lowest BCUT2D eigenvalue weighted by molar-refractivity contribution is 0.436. The second-order valence-electron chi connectivity index (χ2n) is 6.49. The molecule has 3 heterocycles. The van der Waals surface area contributed by atoms with Gasteiger partial charge in [-0.1, -0.05) is 13.0 Å². The fraction of sp³-hybridized carbons (Fsp3) is 0.368. The average molecular weight is 333 g/mol. The summed E-state index contributed by atoms with van der Waals surface area (Å²) in [5.74, 6) is 1.21. The fourth-order valence-corrected chi connectivity index (χ4v) is 3.12. The van der Waals surface area contributed by atoms with Gasteiger partial charge in [0, 0.05) is 19.3 Å². The highest BCUT2D eigenvalue weighted by atomic mass is 16.1. The predicted octanol–water partition coefficient (Wildman–Crippen LogP) is 2.67. The van der Waals surface area contributed by atoms with Crippen LogP contribution in [0.25, 0.3) is 11.7 Å². The number of fused-ring (bicyclic) bond motifs is 1. The summed E-state index contributed by atoms with van der Waals surface area (Å²) >= 11 is 0. The molecule has 25 heavy (non-hydrogen) atoms. The standard InChI is InChI=1S/C19H19N5O/c1-13-5-8-23(9-6-13)18-16(10-15(11-20)12-21)19(25)24-7-3-4-14(2)17(24)22-18/h3-4,7,10,13H,5-6,8-9H2,1-2H3. The molecule has 0 amide bonds. The van der Waals surface area contributed by atoms with Crippen molar-refractivity contribution in [3.05, 3.63) is 45.4 Å². The molecule has 3 rings (SSSR count). The summed E-state index contributed by atoms with van der Waals surface area (Å²) in [7, 11) is 0. The number of piperidine rings is 1. The van der Waals surface area contributed by atoms with Gasteiger partial charge in [0.25, 0.3) is 5.56 Å². The first-order valence-corrected chi connectivity index (χ1v) is 8.34. The minimum absolute atomic E-state index is 0.0990.